The van der Waals surface area contributed by atoms with Crippen LogP contribution < -0.4 is 0 Å². The fraction of sp³-hybridized carbons (Fsp3) is 0.562. The van der Waals surface area contributed by atoms with Crippen LogP contribution >= 0.6 is 11.3 Å². The number of aliphatic hydroxyl groups is 1. The van der Waals surface area contributed by atoms with Gasteiger partial charge in [-0.2, -0.15) is 0 Å². The number of aliphatic hydroxyl groups excluding tert-OH is 1. The first kappa shape index (κ1) is 16.7. The molecule has 0 bridgehead atoms. The molecule has 1 rings (SSSR count). The van der Waals surface area contributed by atoms with Crippen molar-refractivity contribution >= 4 is 17.2 Å². The molecular weight excluding hydrogens is 270 g/mol. The van der Waals surface area contributed by atoms with Crippen LogP contribution in [0.25, 0.3) is 0 Å². The van der Waals surface area contributed by atoms with Crippen molar-refractivity contribution in [1.29, 1.82) is 0 Å². The van der Waals surface area contributed by atoms with Crippen molar-refractivity contribution < 1.29 is 9.90 Å². The van der Waals surface area contributed by atoms with Gasteiger partial charge in [-0.25, -0.2) is 0 Å². The Balaban J connectivity index is 2.71. The number of nitrogens with zero attached hydrogens (tertiary/aromatic N) is 1. The van der Waals surface area contributed by atoms with Gasteiger partial charge in [0.25, 0.3) is 5.91 Å². The normalized spacial score (nSPS) is 11.9. The van der Waals surface area contributed by atoms with Crippen molar-refractivity contribution in [2.75, 3.05) is 13.7 Å². The first-order chi connectivity index (χ1) is 9.45. The van der Waals surface area contributed by atoms with Crippen LogP contribution in [0, 0.1) is 17.8 Å². The number of carbonyl (C=O) groups is 1. The molecule has 1 aromatic heterocycles. The predicted molar refractivity (Wildman–Crippen MR) is 83.9 cm³/mol. The molecule has 0 aliphatic heterocycles. The lowest BCUT2D eigenvalue weighted by atomic mass is 10.0. The van der Waals surface area contributed by atoms with E-state index < -0.39 is 0 Å². The van der Waals surface area contributed by atoms with Crippen molar-refractivity contribution in [3.63, 3.8) is 0 Å². The van der Waals surface area contributed by atoms with E-state index in [2.05, 4.69) is 32.6 Å². The Hall–Kier alpha value is -1.31. The Labute approximate surface area is 125 Å². The van der Waals surface area contributed by atoms with Gasteiger partial charge in [0.05, 0.1) is 17.0 Å². The van der Waals surface area contributed by atoms with Gasteiger partial charge in [-0.3, -0.25) is 4.79 Å². The second-order valence-electron chi connectivity index (χ2n) is 5.37. The van der Waals surface area contributed by atoms with Gasteiger partial charge in [-0.1, -0.05) is 25.7 Å². The average molecular weight is 293 g/mol. The van der Waals surface area contributed by atoms with Crippen molar-refractivity contribution in [2.24, 2.45) is 5.92 Å². The fourth-order valence-electron chi connectivity index (χ4n) is 1.96. The van der Waals surface area contributed by atoms with Gasteiger partial charge in [0.15, 0.2) is 0 Å². The molecular formula is C16H23NO2S. The molecule has 3 nitrogen and oxygen atoms in total. The summed E-state index contributed by atoms with van der Waals surface area (Å²) in [6, 6.07) is 2.06. The predicted octanol–water partition coefficient (Wildman–Crippen LogP) is 2.99. The van der Waals surface area contributed by atoms with Crippen LogP contribution in [0.4, 0.5) is 0 Å². The maximum absolute atomic E-state index is 12.4. The average Bonchev–Trinajstić information content (AvgIpc) is 2.85. The van der Waals surface area contributed by atoms with Gasteiger partial charge in [0, 0.05) is 24.9 Å². The van der Waals surface area contributed by atoms with E-state index in [1.807, 2.05) is 18.5 Å². The van der Waals surface area contributed by atoms with Crippen molar-refractivity contribution in [3.05, 3.63) is 21.9 Å². The maximum Gasteiger partial charge on any atom is 0.254 e. The minimum atomic E-state index is 0.0459. The van der Waals surface area contributed by atoms with Crippen LogP contribution in [0.5, 0.6) is 0 Å². The standard InChI is InChI=1S/C16H23NO2S/c1-12(2)9-13(3)17(4)16(19)14-10-15(20-11-14)7-5-6-8-18/h10-13,18H,6,8-9H2,1-4H3. The van der Waals surface area contributed by atoms with Crippen LogP contribution in [0.3, 0.4) is 0 Å². The van der Waals surface area contributed by atoms with Gasteiger partial charge >= 0.3 is 0 Å². The lowest BCUT2D eigenvalue weighted by Crippen LogP contribution is -2.35. The van der Waals surface area contributed by atoms with Gasteiger partial charge < -0.3 is 10.0 Å². The van der Waals surface area contributed by atoms with Gasteiger partial charge in [0.2, 0.25) is 0 Å². The molecule has 0 saturated carbocycles. The second kappa shape index (κ2) is 8.08. The summed E-state index contributed by atoms with van der Waals surface area (Å²) in [4.78, 5) is 15.0. The lowest BCUT2D eigenvalue weighted by molar-refractivity contribution is 0.0728. The summed E-state index contributed by atoms with van der Waals surface area (Å²) in [5.74, 6) is 6.44. The van der Waals surface area contributed by atoms with Gasteiger partial charge in [-0.15, -0.1) is 11.3 Å². The summed E-state index contributed by atoms with van der Waals surface area (Å²) in [7, 11) is 1.85. The van der Waals surface area contributed by atoms with Crippen molar-refractivity contribution in [1.82, 2.24) is 4.90 Å². The Kier molecular flexibility index (Phi) is 6.77. The number of thiophene rings is 1. The number of hydrogen-bond donors (Lipinski definition) is 1. The molecule has 110 valence electrons. The van der Waals surface area contributed by atoms with Crippen molar-refractivity contribution in [2.45, 2.75) is 39.7 Å². The minimum absolute atomic E-state index is 0.0459. The smallest absolute Gasteiger partial charge is 0.254 e. The van der Waals surface area contributed by atoms with E-state index in [4.69, 9.17) is 5.11 Å². The van der Waals surface area contributed by atoms with E-state index in [1.54, 1.807) is 4.90 Å². The summed E-state index contributed by atoms with van der Waals surface area (Å²) in [5, 5.41) is 10.5. The topological polar surface area (TPSA) is 40.5 Å². The second-order valence-corrected chi connectivity index (χ2v) is 6.28. The number of hydrogen-bond acceptors (Lipinski definition) is 3. The number of rotatable bonds is 5. The zero-order chi connectivity index (χ0) is 15.1. The zero-order valence-corrected chi connectivity index (χ0v) is 13.5. The molecule has 0 radical (unpaired) electrons. The molecule has 0 spiro atoms. The lowest BCUT2D eigenvalue weighted by Gasteiger charge is -2.26. The van der Waals surface area contributed by atoms with Crippen LogP contribution in [0.2, 0.25) is 0 Å². The molecule has 0 saturated heterocycles. The van der Waals surface area contributed by atoms with E-state index in [0.717, 1.165) is 11.3 Å². The monoisotopic (exact) mass is 293 g/mol. The highest BCUT2D eigenvalue weighted by Gasteiger charge is 2.19. The Morgan fingerprint density at radius 1 is 1.45 bits per heavy atom. The third kappa shape index (κ3) is 4.99. The molecule has 0 aliphatic rings. The summed E-state index contributed by atoms with van der Waals surface area (Å²) >= 11 is 1.47. The quantitative estimate of drug-likeness (QED) is 0.848. The third-order valence-electron chi connectivity index (χ3n) is 3.09. The Bertz CT molecular complexity index is 496. The van der Waals surface area contributed by atoms with Gasteiger partial charge in [-0.05, 0) is 25.3 Å². The molecule has 1 unspecified atom stereocenters. The summed E-state index contributed by atoms with van der Waals surface area (Å²) < 4.78 is 0. The van der Waals surface area contributed by atoms with Crippen LogP contribution in [0.15, 0.2) is 11.4 Å². The number of amides is 1. The van der Waals surface area contributed by atoms with E-state index in [9.17, 15) is 4.79 Å². The highest BCUT2D eigenvalue weighted by atomic mass is 32.1. The summed E-state index contributed by atoms with van der Waals surface area (Å²) in [5.41, 5.74) is 0.696. The molecule has 4 heteroatoms. The molecule has 20 heavy (non-hydrogen) atoms. The molecule has 1 N–H and O–H groups in total. The molecule has 0 aromatic carbocycles. The molecule has 1 heterocycles. The van der Waals surface area contributed by atoms with Gasteiger partial charge in [0.1, 0.15) is 0 Å². The summed E-state index contributed by atoms with van der Waals surface area (Å²) in [6.45, 7) is 6.47. The number of carbonyl (C=O) groups excluding carboxylic acids is 1. The van der Waals surface area contributed by atoms with E-state index >= 15 is 0 Å². The van der Waals surface area contributed by atoms with Crippen LogP contribution in [-0.4, -0.2) is 35.6 Å². The molecule has 0 fully saturated rings. The zero-order valence-electron chi connectivity index (χ0n) is 12.6. The molecule has 1 aromatic rings. The first-order valence-corrected chi connectivity index (χ1v) is 7.79. The van der Waals surface area contributed by atoms with E-state index in [-0.39, 0.29) is 18.6 Å². The molecule has 0 aliphatic carbocycles. The molecule has 1 amide bonds. The Morgan fingerprint density at radius 2 is 2.15 bits per heavy atom. The van der Waals surface area contributed by atoms with Crippen molar-refractivity contribution in [3.8, 4) is 11.8 Å². The highest BCUT2D eigenvalue weighted by molar-refractivity contribution is 7.10. The van der Waals surface area contributed by atoms with E-state index in [0.29, 0.717) is 17.9 Å². The third-order valence-corrected chi connectivity index (χ3v) is 3.93. The van der Waals surface area contributed by atoms with E-state index in [1.165, 1.54) is 11.3 Å². The minimum Gasteiger partial charge on any atom is -0.395 e. The highest BCUT2D eigenvalue weighted by Crippen LogP contribution is 2.18. The van der Waals surface area contributed by atoms with Crippen LogP contribution in [0.1, 0.15) is 48.8 Å². The largest absolute Gasteiger partial charge is 0.395 e. The fourth-order valence-corrected chi connectivity index (χ4v) is 2.71. The Morgan fingerprint density at radius 3 is 2.75 bits per heavy atom. The maximum atomic E-state index is 12.4. The van der Waals surface area contributed by atoms with Crippen LogP contribution in [-0.2, 0) is 0 Å². The molecule has 1 atom stereocenters. The SMILES string of the molecule is CC(C)CC(C)N(C)C(=O)c1csc(C#CCCO)c1. The first-order valence-electron chi connectivity index (χ1n) is 6.91. The summed E-state index contributed by atoms with van der Waals surface area (Å²) in [6.07, 6.45) is 1.46.